The van der Waals surface area contributed by atoms with Crippen LogP contribution in [0.1, 0.15) is 37.9 Å². The van der Waals surface area contributed by atoms with Gasteiger partial charge in [0.1, 0.15) is 11.9 Å². The fraction of sp³-hybridized carbons (Fsp3) is 0.519. The van der Waals surface area contributed by atoms with Crippen LogP contribution < -0.4 is 10.9 Å². The number of nitrogens with one attached hydrogen (secondary N) is 1. The topological polar surface area (TPSA) is 117 Å². The first kappa shape index (κ1) is 28.5. The molecule has 2 unspecified atom stereocenters. The van der Waals surface area contributed by atoms with Gasteiger partial charge in [-0.05, 0) is 51.5 Å². The quantitative estimate of drug-likeness (QED) is 0.354. The number of aryl methyl sites for hydroxylation is 2. The number of carbonyl (C=O) groups excluding carboxylic acids is 1. The van der Waals surface area contributed by atoms with E-state index in [9.17, 15) is 14.7 Å². The third kappa shape index (κ3) is 6.64. The Kier molecular flexibility index (Phi) is 9.61. The molecule has 1 aromatic carbocycles. The summed E-state index contributed by atoms with van der Waals surface area (Å²) in [6, 6.07) is 6.70. The molecule has 0 aliphatic rings. The van der Waals surface area contributed by atoms with Gasteiger partial charge in [-0.3, -0.25) is 14.9 Å². The minimum absolute atomic E-state index is 0.0613. The highest BCUT2D eigenvalue weighted by Crippen LogP contribution is 2.30. The van der Waals surface area contributed by atoms with Crippen molar-refractivity contribution >= 4 is 17.0 Å². The average molecular weight is 515 g/mol. The van der Waals surface area contributed by atoms with E-state index in [1.807, 2.05) is 24.3 Å². The van der Waals surface area contributed by atoms with E-state index in [4.69, 9.17) is 19.2 Å². The number of hydrogen-bond acceptors (Lipinski definition) is 8. The van der Waals surface area contributed by atoms with E-state index in [1.54, 1.807) is 59.7 Å². The van der Waals surface area contributed by atoms with Crippen LogP contribution in [0.25, 0.3) is 22.4 Å². The van der Waals surface area contributed by atoms with Crippen LogP contribution in [0, 0.1) is 6.92 Å². The summed E-state index contributed by atoms with van der Waals surface area (Å²) in [7, 11) is 5.01. The molecule has 2 aromatic heterocycles. The van der Waals surface area contributed by atoms with Gasteiger partial charge < -0.3 is 28.5 Å². The van der Waals surface area contributed by atoms with Crippen molar-refractivity contribution in [2.24, 2.45) is 7.05 Å². The number of esters is 1. The maximum atomic E-state index is 12.4. The molecule has 202 valence electrons. The van der Waals surface area contributed by atoms with Crippen molar-refractivity contribution in [1.29, 1.82) is 0 Å². The first-order valence-electron chi connectivity index (χ1n) is 12.4. The molecule has 0 radical (unpaired) electrons. The molecule has 10 heteroatoms. The Morgan fingerprint density at radius 1 is 1.14 bits per heavy atom. The maximum absolute atomic E-state index is 12.4. The SMILES string of the molecule is COCC(COC)n1c(-c2cc(C)c(=O)n(C)c2)nc2cc(CNC(C(=O)OC(C)C)C(C)O)ccc21. The lowest BCUT2D eigenvalue weighted by Gasteiger charge is -2.22. The number of fused-ring (bicyclic) bond motifs is 1. The summed E-state index contributed by atoms with van der Waals surface area (Å²) >= 11 is 0. The molecule has 3 rings (SSSR count). The first-order valence-corrected chi connectivity index (χ1v) is 12.4. The highest BCUT2D eigenvalue weighted by atomic mass is 16.5. The normalized spacial score (nSPS) is 13.5. The predicted molar refractivity (Wildman–Crippen MR) is 141 cm³/mol. The zero-order valence-electron chi connectivity index (χ0n) is 22.6. The Morgan fingerprint density at radius 3 is 2.38 bits per heavy atom. The monoisotopic (exact) mass is 514 g/mol. The molecule has 10 nitrogen and oxygen atoms in total. The van der Waals surface area contributed by atoms with Gasteiger partial charge in [-0.25, -0.2) is 4.98 Å². The van der Waals surface area contributed by atoms with Crippen LogP contribution in [0.15, 0.2) is 35.3 Å². The molecule has 0 spiro atoms. The summed E-state index contributed by atoms with van der Waals surface area (Å²) < 4.78 is 19.9. The predicted octanol–water partition coefficient (Wildman–Crippen LogP) is 2.33. The molecule has 0 aliphatic heterocycles. The van der Waals surface area contributed by atoms with Gasteiger partial charge in [0, 0.05) is 45.1 Å². The summed E-state index contributed by atoms with van der Waals surface area (Å²) in [5, 5.41) is 13.2. The molecule has 0 fully saturated rings. The van der Waals surface area contributed by atoms with Crippen LogP contribution in [0.5, 0.6) is 0 Å². The highest BCUT2D eigenvalue weighted by molar-refractivity contribution is 5.82. The number of pyridine rings is 1. The summed E-state index contributed by atoms with van der Waals surface area (Å²) in [4.78, 5) is 29.7. The van der Waals surface area contributed by atoms with E-state index >= 15 is 0 Å². The van der Waals surface area contributed by atoms with Gasteiger partial charge in [-0.1, -0.05) is 6.07 Å². The number of aliphatic hydroxyl groups is 1. The number of methoxy groups -OCH3 is 2. The Bertz CT molecular complexity index is 1250. The number of carbonyl (C=O) groups is 1. The minimum atomic E-state index is -0.919. The van der Waals surface area contributed by atoms with E-state index in [0.717, 1.165) is 22.2 Å². The van der Waals surface area contributed by atoms with Crippen molar-refractivity contribution in [3.8, 4) is 11.4 Å². The van der Waals surface area contributed by atoms with Crippen molar-refractivity contribution in [2.45, 2.75) is 58.5 Å². The Balaban J connectivity index is 2.04. The zero-order chi connectivity index (χ0) is 27.3. The molecular formula is C27H38N4O6. The fourth-order valence-electron chi connectivity index (χ4n) is 4.39. The summed E-state index contributed by atoms with van der Waals surface area (Å²) in [6.07, 6.45) is 0.583. The molecular weight excluding hydrogens is 476 g/mol. The second kappa shape index (κ2) is 12.5. The van der Waals surface area contributed by atoms with Gasteiger partial charge in [-0.2, -0.15) is 0 Å². The Labute approximate surface area is 217 Å². The molecule has 0 amide bonds. The number of benzene rings is 1. The van der Waals surface area contributed by atoms with Gasteiger partial charge in [-0.15, -0.1) is 0 Å². The van der Waals surface area contributed by atoms with Crippen LogP contribution in [-0.4, -0.2) is 70.9 Å². The van der Waals surface area contributed by atoms with E-state index in [0.29, 0.717) is 31.1 Å². The van der Waals surface area contributed by atoms with Crippen LogP contribution in [0.4, 0.5) is 0 Å². The first-order chi connectivity index (χ1) is 17.6. The van der Waals surface area contributed by atoms with Crippen molar-refractivity contribution in [1.82, 2.24) is 19.4 Å². The zero-order valence-corrected chi connectivity index (χ0v) is 22.6. The molecule has 3 aromatic rings. The summed E-state index contributed by atoms with van der Waals surface area (Å²) in [5.74, 6) is 0.199. The number of imidazole rings is 1. The second-order valence-electron chi connectivity index (χ2n) is 9.61. The van der Waals surface area contributed by atoms with Gasteiger partial charge >= 0.3 is 5.97 Å². The number of aromatic nitrogens is 3. The molecule has 0 bridgehead atoms. The average Bonchev–Trinajstić information content (AvgIpc) is 3.20. The number of rotatable bonds is 12. The lowest BCUT2D eigenvalue weighted by atomic mass is 10.1. The van der Waals surface area contributed by atoms with E-state index in [2.05, 4.69) is 9.88 Å². The van der Waals surface area contributed by atoms with Gasteiger partial charge in [0.15, 0.2) is 0 Å². The number of ether oxygens (including phenoxy) is 3. The van der Waals surface area contributed by atoms with Crippen LogP contribution in [0.2, 0.25) is 0 Å². The number of nitrogens with zero attached hydrogens (tertiary/aromatic N) is 3. The van der Waals surface area contributed by atoms with E-state index in [-0.39, 0.29) is 17.7 Å². The molecule has 0 saturated carbocycles. The van der Waals surface area contributed by atoms with Crippen LogP contribution in [-0.2, 0) is 32.6 Å². The van der Waals surface area contributed by atoms with Gasteiger partial charge in [0.2, 0.25) is 0 Å². The van der Waals surface area contributed by atoms with Crippen molar-refractivity contribution in [3.05, 3.63) is 51.9 Å². The van der Waals surface area contributed by atoms with Crippen LogP contribution >= 0.6 is 0 Å². The summed E-state index contributed by atoms with van der Waals surface area (Å²) in [6.45, 7) is 8.03. The van der Waals surface area contributed by atoms with Crippen LogP contribution in [0.3, 0.4) is 0 Å². The molecule has 0 saturated heterocycles. The lowest BCUT2D eigenvalue weighted by molar-refractivity contribution is -0.152. The number of hydrogen-bond donors (Lipinski definition) is 2. The largest absolute Gasteiger partial charge is 0.462 e. The van der Waals surface area contributed by atoms with Crippen molar-refractivity contribution in [2.75, 3.05) is 27.4 Å². The van der Waals surface area contributed by atoms with E-state index in [1.165, 1.54) is 0 Å². The Hall–Kier alpha value is -3.05. The summed E-state index contributed by atoms with van der Waals surface area (Å²) in [5.41, 5.74) is 3.88. The van der Waals surface area contributed by atoms with Gasteiger partial charge in [0.05, 0.1) is 42.5 Å². The minimum Gasteiger partial charge on any atom is -0.462 e. The molecule has 0 aliphatic carbocycles. The standard InChI is InChI=1S/C27H38N4O6/c1-16(2)37-27(34)24(18(4)32)28-12-19-8-9-23-22(11-19)29-25(31(23)21(14-35-6)15-36-7)20-10-17(3)26(33)30(5)13-20/h8-11,13,16,18,21,24,28,32H,12,14-15H2,1-7H3. The molecule has 2 N–H and O–H groups in total. The Morgan fingerprint density at radius 2 is 1.81 bits per heavy atom. The molecule has 2 atom stereocenters. The van der Waals surface area contributed by atoms with Gasteiger partial charge in [0.25, 0.3) is 5.56 Å². The highest BCUT2D eigenvalue weighted by Gasteiger charge is 2.26. The fourth-order valence-corrected chi connectivity index (χ4v) is 4.39. The van der Waals surface area contributed by atoms with Crippen molar-refractivity contribution in [3.63, 3.8) is 0 Å². The number of aliphatic hydroxyl groups excluding tert-OH is 1. The maximum Gasteiger partial charge on any atom is 0.326 e. The molecule has 2 heterocycles. The lowest BCUT2D eigenvalue weighted by Crippen LogP contribution is -2.46. The molecule has 37 heavy (non-hydrogen) atoms. The third-order valence-electron chi connectivity index (χ3n) is 6.07. The van der Waals surface area contributed by atoms with Crippen molar-refractivity contribution < 1.29 is 24.1 Å². The van der Waals surface area contributed by atoms with E-state index < -0.39 is 18.1 Å². The smallest absolute Gasteiger partial charge is 0.326 e. The second-order valence-corrected chi connectivity index (χ2v) is 9.61. The third-order valence-corrected chi connectivity index (χ3v) is 6.07.